The van der Waals surface area contributed by atoms with Gasteiger partial charge in [0.1, 0.15) is 11.2 Å². The molecule has 1 heterocycles. The molecule has 3 aromatic rings. The Morgan fingerprint density at radius 3 is 2.36 bits per heavy atom. The van der Waals surface area contributed by atoms with Crippen molar-refractivity contribution < 1.29 is 18.7 Å². The summed E-state index contributed by atoms with van der Waals surface area (Å²) in [5.41, 5.74) is 2.98. The lowest BCUT2D eigenvalue weighted by Gasteiger charge is -2.01. The highest BCUT2D eigenvalue weighted by Gasteiger charge is 2.19. The highest BCUT2D eigenvalue weighted by Crippen LogP contribution is 2.30. The molecule has 0 aliphatic rings. The minimum Gasteiger partial charge on any atom is -0.460 e. The molecule has 0 bridgehead atoms. The zero-order chi connectivity index (χ0) is 15.7. The second-order valence-electron chi connectivity index (χ2n) is 5.05. The number of ketones is 1. The molecule has 0 spiro atoms. The van der Waals surface area contributed by atoms with E-state index in [9.17, 15) is 9.59 Å². The van der Waals surface area contributed by atoms with Crippen molar-refractivity contribution in [1.29, 1.82) is 0 Å². The lowest BCUT2D eigenvalue weighted by atomic mass is 10.0. The highest BCUT2D eigenvalue weighted by molar-refractivity contribution is 6.41. The first-order valence-electron chi connectivity index (χ1n) is 7.30. The number of hydrogen-bond donors (Lipinski definition) is 0. The fraction of sp³-hybridized carbons (Fsp3) is 0.222. The van der Waals surface area contributed by atoms with Gasteiger partial charge in [-0.3, -0.25) is 4.79 Å². The van der Waals surface area contributed by atoms with E-state index in [0.29, 0.717) is 11.1 Å². The topological polar surface area (TPSA) is 56.5 Å². The first kappa shape index (κ1) is 14.3. The molecule has 2 aromatic carbocycles. The first-order valence-corrected chi connectivity index (χ1v) is 7.30. The van der Waals surface area contributed by atoms with E-state index in [4.69, 9.17) is 9.15 Å². The third-order valence-corrected chi connectivity index (χ3v) is 3.66. The van der Waals surface area contributed by atoms with Crippen LogP contribution in [0.5, 0.6) is 0 Å². The second-order valence-corrected chi connectivity index (χ2v) is 5.05. The van der Waals surface area contributed by atoms with Crippen LogP contribution in [0.2, 0.25) is 0 Å². The predicted octanol–water partition coefficient (Wildman–Crippen LogP) is 3.89. The molecule has 0 saturated carbocycles. The average Bonchev–Trinajstić information content (AvgIpc) is 2.91. The average molecular weight is 296 g/mol. The number of hydrogen-bond acceptors (Lipinski definition) is 4. The maximum Gasteiger partial charge on any atom is 0.379 e. The van der Waals surface area contributed by atoms with Gasteiger partial charge in [-0.05, 0) is 49.2 Å². The molecule has 0 unspecified atom stereocenters. The van der Waals surface area contributed by atoms with Crippen molar-refractivity contribution >= 4 is 33.7 Å². The molecule has 0 amide bonds. The molecular formula is C18H16O4. The number of carbonyl (C=O) groups is 2. The van der Waals surface area contributed by atoms with Gasteiger partial charge in [0.2, 0.25) is 0 Å². The monoisotopic (exact) mass is 296 g/mol. The molecule has 4 nitrogen and oxygen atoms in total. The first-order chi connectivity index (χ1) is 10.6. The largest absolute Gasteiger partial charge is 0.460 e. The number of esters is 1. The lowest BCUT2D eigenvalue weighted by Crippen LogP contribution is -2.17. The van der Waals surface area contributed by atoms with Crippen LogP contribution in [0.4, 0.5) is 0 Å². The van der Waals surface area contributed by atoms with Crippen molar-refractivity contribution in [1.82, 2.24) is 0 Å². The molecule has 0 aliphatic carbocycles. The molecule has 112 valence electrons. The van der Waals surface area contributed by atoms with Crippen LogP contribution < -0.4 is 0 Å². The van der Waals surface area contributed by atoms with E-state index in [1.807, 2.05) is 12.1 Å². The number of Topliss-reactive ketones (excluding diaryl/α,β-unsaturated/α-hetero) is 1. The predicted molar refractivity (Wildman–Crippen MR) is 84.1 cm³/mol. The maximum absolute atomic E-state index is 12.1. The molecule has 3 rings (SSSR count). The molecule has 22 heavy (non-hydrogen) atoms. The summed E-state index contributed by atoms with van der Waals surface area (Å²) >= 11 is 0. The van der Waals surface area contributed by atoms with E-state index < -0.39 is 11.8 Å². The Morgan fingerprint density at radius 2 is 1.68 bits per heavy atom. The van der Waals surface area contributed by atoms with Crippen LogP contribution >= 0.6 is 0 Å². The minimum absolute atomic E-state index is 0.182. The van der Waals surface area contributed by atoms with Crippen LogP contribution in [0, 0.1) is 0 Å². The van der Waals surface area contributed by atoms with Crippen LogP contribution in [0.1, 0.15) is 29.8 Å². The maximum atomic E-state index is 12.1. The van der Waals surface area contributed by atoms with Crippen molar-refractivity contribution in [2.24, 2.45) is 0 Å². The van der Waals surface area contributed by atoms with Crippen molar-refractivity contribution in [3.63, 3.8) is 0 Å². The van der Waals surface area contributed by atoms with E-state index in [1.54, 1.807) is 25.1 Å². The summed E-state index contributed by atoms with van der Waals surface area (Å²) in [5.74, 6) is -1.46. The van der Waals surface area contributed by atoms with Crippen LogP contribution in [0.25, 0.3) is 21.9 Å². The van der Waals surface area contributed by atoms with Crippen LogP contribution in [0.3, 0.4) is 0 Å². The number of furan rings is 1. The van der Waals surface area contributed by atoms with Gasteiger partial charge in [0.25, 0.3) is 5.78 Å². The summed E-state index contributed by atoms with van der Waals surface area (Å²) in [5, 5.41) is 1.79. The van der Waals surface area contributed by atoms with Crippen LogP contribution in [0.15, 0.2) is 40.8 Å². The highest BCUT2D eigenvalue weighted by atomic mass is 16.5. The number of rotatable bonds is 4. The molecule has 4 heteroatoms. The summed E-state index contributed by atoms with van der Waals surface area (Å²) in [6.07, 6.45) is 0.921. The number of benzene rings is 2. The molecule has 0 atom stereocenters. The van der Waals surface area contributed by atoms with Gasteiger partial charge in [-0.15, -0.1) is 0 Å². The second kappa shape index (κ2) is 5.64. The summed E-state index contributed by atoms with van der Waals surface area (Å²) in [6.45, 7) is 3.94. The third-order valence-electron chi connectivity index (χ3n) is 3.66. The Bertz CT molecular complexity index is 873. The van der Waals surface area contributed by atoms with Gasteiger partial charge in [0.15, 0.2) is 0 Å². The molecule has 0 radical (unpaired) electrons. The zero-order valence-corrected chi connectivity index (χ0v) is 12.5. The number of carbonyl (C=O) groups excluding carboxylic acids is 2. The fourth-order valence-corrected chi connectivity index (χ4v) is 2.50. The van der Waals surface area contributed by atoms with E-state index in [0.717, 1.165) is 22.8 Å². The van der Waals surface area contributed by atoms with E-state index >= 15 is 0 Å². The Hall–Kier alpha value is -2.62. The van der Waals surface area contributed by atoms with Crippen LogP contribution in [-0.4, -0.2) is 18.4 Å². The molecule has 0 N–H and O–H groups in total. The Kier molecular flexibility index (Phi) is 3.67. The lowest BCUT2D eigenvalue weighted by molar-refractivity contribution is -0.137. The van der Waals surface area contributed by atoms with Gasteiger partial charge in [0, 0.05) is 16.3 Å². The molecule has 0 aliphatic heterocycles. The summed E-state index contributed by atoms with van der Waals surface area (Å²) in [6, 6.07) is 11.0. The van der Waals surface area contributed by atoms with Gasteiger partial charge in [-0.1, -0.05) is 13.0 Å². The van der Waals surface area contributed by atoms with E-state index in [-0.39, 0.29) is 6.61 Å². The Labute approximate surface area is 127 Å². The van der Waals surface area contributed by atoms with E-state index in [2.05, 4.69) is 13.0 Å². The van der Waals surface area contributed by atoms with Gasteiger partial charge < -0.3 is 9.15 Å². The minimum atomic E-state index is -0.830. The van der Waals surface area contributed by atoms with Gasteiger partial charge in [-0.25, -0.2) is 4.79 Å². The number of ether oxygens (including phenoxy) is 1. The third kappa shape index (κ3) is 2.37. The fourth-order valence-electron chi connectivity index (χ4n) is 2.50. The van der Waals surface area contributed by atoms with E-state index in [1.165, 1.54) is 5.56 Å². The molecule has 1 aromatic heterocycles. The van der Waals surface area contributed by atoms with Gasteiger partial charge in [-0.2, -0.15) is 0 Å². The molecular weight excluding hydrogens is 280 g/mol. The number of aryl methyl sites for hydroxylation is 1. The van der Waals surface area contributed by atoms with Crippen molar-refractivity contribution in [2.45, 2.75) is 20.3 Å². The quantitative estimate of drug-likeness (QED) is 0.416. The molecule has 0 fully saturated rings. The van der Waals surface area contributed by atoms with Crippen molar-refractivity contribution in [2.75, 3.05) is 6.61 Å². The van der Waals surface area contributed by atoms with Crippen molar-refractivity contribution in [3.8, 4) is 0 Å². The SMILES string of the molecule is CCOC(=O)C(=O)c1ccc2oc3ccc(CC)cc3c2c1. The summed E-state index contributed by atoms with van der Waals surface area (Å²) in [4.78, 5) is 23.6. The summed E-state index contributed by atoms with van der Waals surface area (Å²) < 4.78 is 10.5. The zero-order valence-electron chi connectivity index (χ0n) is 12.5. The van der Waals surface area contributed by atoms with Gasteiger partial charge in [0.05, 0.1) is 6.61 Å². The van der Waals surface area contributed by atoms with Gasteiger partial charge >= 0.3 is 5.97 Å². The smallest absolute Gasteiger partial charge is 0.379 e. The summed E-state index contributed by atoms with van der Waals surface area (Å²) in [7, 11) is 0. The number of fused-ring (bicyclic) bond motifs is 3. The molecule has 0 saturated heterocycles. The van der Waals surface area contributed by atoms with Crippen molar-refractivity contribution in [3.05, 3.63) is 47.5 Å². The standard InChI is InChI=1S/C18H16O4/c1-3-11-5-7-15-13(9-11)14-10-12(6-8-16(14)22-15)17(19)18(20)21-4-2/h5-10H,3-4H2,1-2H3. The van der Waals surface area contributed by atoms with Crippen LogP contribution in [-0.2, 0) is 16.0 Å². The normalized spacial score (nSPS) is 11.0. The Morgan fingerprint density at radius 1 is 1.00 bits per heavy atom. The Balaban J connectivity index is 2.13.